The summed E-state index contributed by atoms with van der Waals surface area (Å²) < 4.78 is 0. The van der Waals surface area contributed by atoms with Crippen molar-refractivity contribution >= 4 is 11.6 Å². The van der Waals surface area contributed by atoms with Gasteiger partial charge < -0.3 is 5.73 Å². The molecule has 0 saturated heterocycles. The lowest BCUT2D eigenvalue weighted by Crippen LogP contribution is -2.38. The molecular formula is C18H21ClN2. The first-order valence-electron chi connectivity index (χ1n) is 7.51. The molecule has 1 aliphatic heterocycles. The number of rotatable bonds is 4. The third-order valence-corrected chi connectivity index (χ3v) is 4.70. The Balaban J connectivity index is 1.94. The van der Waals surface area contributed by atoms with E-state index in [2.05, 4.69) is 42.2 Å². The summed E-state index contributed by atoms with van der Waals surface area (Å²) in [5, 5.41) is 0.808. The SMILES string of the molecule is CCC(N)C(c1ccccc1Cl)N1Cc2ccccc2C1. The molecule has 0 bridgehead atoms. The van der Waals surface area contributed by atoms with E-state index in [1.807, 2.05) is 18.2 Å². The predicted octanol–water partition coefficient (Wildman–Crippen LogP) is 4.13. The van der Waals surface area contributed by atoms with Gasteiger partial charge in [0.05, 0.1) is 6.04 Å². The minimum absolute atomic E-state index is 0.0826. The van der Waals surface area contributed by atoms with Crippen molar-refractivity contribution < 1.29 is 0 Å². The summed E-state index contributed by atoms with van der Waals surface area (Å²) in [5.74, 6) is 0. The van der Waals surface area contributed by atoms with Crippen LogP contribution in [0.25, 0.3) is 0 Å². The Bertz CT molecular complexity index is 601. The number of nitrogens with zero attached hydrogens (tertiary/aromatic N) is 1. The van der Waals surface area contributed by atoms with Crippen molar-refractivity contribution in [3.63, 3.8) is 0 Å². The van der Waals surface area contributed by atoms with Crippen molar-refractivity contribution in [1.29, 1.82) is 0 Å². The largest absolute Gasteiger partial charge is 0.326 e. The lowest BCUT2D eigenvalue weighted by molar-refractivity contribution is 0.170. The summed E-state index contributed by atoms with van der Waals surface area (Å²) in [5.41, 5.74) is 10.4. The Hall–Kier alpha value is -1.35. The Morgan fingerprint density at radius 2 is 1.62 bits per heavy atom. The average molecular weight is 301 g/mol. The summed E-state index contributed by atoms with van der Waals surface area (Å²) in [4.78, 5) is 2.44. The predicted molar refractivity (Wildman–Crippen MR) is 88.1 cm³/mol. The van der Waals surface area contributed by atoms with E-state index < -0.39 is 0 Å². The lowest BCUT2D eigenvalue weighted by atomic mass is 9.96. The van der Waals surface area contributed by atoms with Gasteiger partial charge in [0.15, 0.2) is 0 Å². The minimum atomic E-state index is 0.0826. The van der Waals surface area contributed by atoms with E-state index in [1.165, 1.54) is 11.1 Å². The molecule has 3 rings (SSSR count). The number of hydrogen-bond donors (Lipinski definition) is 1. The first-order chi connectivity index (χ1) is 10.2. The first-order valence-corrected chi connectivity index (χ1v) is 7.89. The van der Waals surface area contributed by atoms with Gasteiger partial charge in [-0.1, -0.05) is 61.0 Å². The second-order valence-corrected chi connectivity index (χ2v) is 6.12. The van der Waals surface area contributed by atoms with Crippen LogP contribution in [0, 0.1) is 0 Å². The Morgan fingerprint density at radius 1 is 1.05 bits per heavy atom. The smallest absolute Gasteiger partial charge is 0.0520 e. The number of nitrogens with two attached hydrogens (primary N) is 1. The molecule has 110 valence electrons. The molecule has 2 unspecified atom stereocenters. The Kier molecular flexibility index (Phi) is 4.29. The molecule has 3 heteroatoms. The number of benzene rings is 2. The maximum absolute atomic E-state index is 6.43. The van der Waals surface area contributed by atoms with E-state index >= 15 is 0 Å². The molecule has 21 heavy (non-hydrogen) atoms. The fraction of sp³-hybridized carbons (Fsp3) is 0.333. The second kappa shape index (κ2) is 6.18. The summed E-state index contributed by atoms with van der Waals surface area (Å²) >= 11 is 6.43. The molecule has 2 aromatic carbocycles. The van der Waals surface area contributed by atoms with Crippen LogP contribution in [0.2, 0.25) is 5.02 Å². The summed E-state index contributed by atoms with van der Waals surface area (Å²) in [6.45, 7) is 4.03. The molecular weight excluding hydrogens is 280 g/mol. The Morgan fingerprint density at radius 3 is 2.19 bits per heavy atom. The van der Waals surface area contributed by atoms with Crippen LogP contribution in [0.5, 0.6) is 0 Å². The van der Waals surface area contributed by atoms with Gasteiger partial charge in [-0.15, -0.1) is 0 Å². The van der Waals surface area contributed by atoms with Crippen molar-refractivity contribution in [3.8, 4) is 0 Å². The standard InChI is InChI=1S/C18H21ClN2/c1-2-17(20)18(15-9-5-6-10-16(15)19)21-11-13-7-3-4-8-14(13)12-21/h3-10,17-18H,2,11-12,20H2,1H3. The molecule has 0 radical (unpaired) electrons. The van der Waals surface area contributed by atoms with Crippen molar-refractivity contribution in [2.75, 3.05) is 0 Å². The zero-order chi connectivity index (χ0) is 14.8. The van der Waals surface area contributed by atoms with Crippen molar-refractivity contribution in [2.45, 2.75) is 38.5 Å². The molecule has 0 saturated carbocycles. The van der Waals surface area contributed by atoms with Gasteiger partial charge >= 0.3 is 0 Å². The van der Waals surface area contributed by atoms with Gasteiger partial charge in [-0.3, -0.25) is 4.90 Å². The van der Waals surface area contributed by atoms with Crippen molar-refractivity contribution in [3.05, 3.63) is 70.2 Å². The van der Waals surface area contributed by atoms with E-state index in [9.17, 15) is 0 Å². The van der Waals surface area contributed by atoms with Crippen LogP contribution < -0.4 is 5.73 Å². The van der Waals surface area contributed by atoms with E-state index in [1.54, 1.807) is 0 Å². The molecule has 1 heterocycles. The van der Waals surface area contributed by atoms with Crippen LogP contribution in [0.15, 0.2) is 48.5 Å². The average Bonchev–Trinajstić information content (AvgIpc) is 2.92. The molecule has 0 amide bonds. The molecule has 0 spiro atoms. The quantitative estimate of drug-likeness (QED) is 0.920. The van der Waals surface area contributed by atoms with Crippen LogP contribution in [-0.4, -0.2) is 10.9 Å². The van der Waals surface area contributed by atoms with E-state index in [0.29, 0.717) is 0 Å². The van der Waals surface area contributed by atoms with Crippen molar-refractivity contribution in [2.24, 2.45) is 5.73 Å². The number of fused-ring (bicyclic) bond motifs is 1. The number of halogens is 1. The van der Waals surface area contributed by atoms with E-state index in [4.69, 9.17) is 17.3 Å². The zero-order valence-corrected chi connectivity index (χ0v) is 13.1. The molecule has 0 fully saturated rings. The van der Waals surface area contributed by atoms with Crippen LogP contribution in [0.4, 0.5) is 0 Å². The molecule has 0 aliphatic carbocycles. The highest BCUT2D eigenvalue weighted by atomic mass is 35.5. The van der Waals surface area contributed by atoms with Gasteiger partial charge in [0.25, 0.3) is 0 Å². The third-order valence-electron chi connectivity index (χ3n) is 4.36. The minimum Gasteiger partial charge on any atom is -0.326 e. The highest BCUT2D eigenvalue weighted by Gasteiger charge is 2.31. The van der Waals surface area contributed by atoms with Crippen LogP contribution >= 0.6 is 11.6 Å². The maximum atomic E-state index is 6.43. The van der Waals surface area contributed by atoms with Gasteiger partial charge in [-0.25, -0.2) is 0 Å². The fourth-order valence-electron chi connectivity index (χ4n) is 3.19. The number of hydrogen-bond acceptors (Lipinski definition) is 2. The van der Waals surface area contributed by atoms with Gasteiger partial charge in [0.1, 0.15) is 0 Å². The topological polar surface area (TPSA) is 29.3 Å². The highest BCUT2D eigenvalue weighted by molar-refractivity contribution is 6.31. The molecule has 1 aliphatic rings. The van der Waals surface area contributed by atoms with E-state index in [-0.39, 0.29) is 12.1 Å². The second-order valence-electron chi connectivity index (χ2n) is 5.71. The summed E-state index contributed by atoms with van der Waals surface area (Å²) in [6, 6.07) is 16.9. The van der Waals surface area contributed by atoms with Crippen LogP contribution in [0.1, 0.15) is 36.1 Å². The van der Waals surface area contributed by atoms with Crippen LogP contribution in [-0.2, 0) is 13.1 Å². The molecule has 2 N–H and O–H groups in total. The Labute approximate surface area is 131 Å². The van der Waals surface area contributed by atoms with Crippen LogP contribution in [0.3, 0.4) is 0 Å². The van der Waals surface area contributed by atoms with Gasteiger partial charge in [0, 0.05) is 24.2 Å². The maximum Gasteiger partial charge on any atom is 0.0520 e. The molecule has 2 aromatic rings. The van der Waals surface area contributed by atoms with Gasteiger partial charge in [-0.2, -0.15) is 0 Å². The highest BCUT2D eigenvalue weighted by Crippen LogP contribution is 2.36. The third kappa shape index (κ3) is 2.84. The summed E-state index contributed by atoms with van der Waals surface area (Å²) in [6.07, 6.45) is 0.933. The molecule has 0 aromatic heterocycles. The van der Waals surface area contributed by atoms with E-state index in [0.717, 1.165) is 30.1 Å². The summed E-state index contributed by atoms with van der Waals surface area (Å²) in [7, 11) is 0. The fourth-order valence-corrected chi connectivity index (χ4v) is 3.44. The van der Waals surface area contributed by atoms with Crippen molar-refractivity contribution in [1.82, 2.24) is 4.90 Å². The zero-order valence-electron chi connectivity index (χ0n) is 12.3. The van der Waals surface area contributed by atoms with Gasteiger partial charge in [0.2, 0.25) is 0 Å². The first kappa shape index (κ1) is 14.6. The monoisotopic (exact) mass is 300 g/mol. The van der Waals surface area contributed by atoms with Gasteiger partial charge in [-0.05, 0) is 29.2 Å². The molecule has 2 nitrogen and oxygen atoms in total. The lowest BCUT2D eigenvalue weighted by Gasteiger charge is -2.33. The normalized spacial score (nSPS) is 17.5. The molecule has 2 atom stereocenters.